The highest BCUT2D eigenvalue weighted by atomic mass is 32.1. The maximum absolute atomic E-state index is 3.70. The van der Waals surface area contributed by atoms with Crippen LogP contribution in [0.5, 0.6) is 0 Å². The molecule has 1 aromatic heterocycles. The fourth-order valence-electron chi connectivity index (χ4n) is 2.42. The van der Waals surface area contributed by atoms with Gasteiger partial charge >= 0.3 is 0 Å². The zero-order valence-corrected chi connectivity index (χ0v) is 13.1. The average molecular weight is 273 g/mol. The first-order valence-electron chi connectivity index (χ1n) is 6.93. The normalized spacial score (nSPS) is 14.3. The molecule has 2 aromatic rings. The molecule has 0 radical (unpaired) electrons. The summed E-state index contributed by atoms with van der Waals surface area (Å²) in [5.41, 5.74) is 2.83. The Balaban J connectivity index is 1.94. The van der Waals surface area contributed by atoms with Gasteiger partial charge in [-0.05, 0) is 57.4 Å². The van der Waals surface area contributed by atoms with E-state index in [0.29, 0.717) is 12.1 Å². The second kappa shape index (κ2) is 6.36. The van der Waals surface area contributed by atoms with Crippen molar-refractivity contribution in [3.8, 4) is 0 Å². The molecule has 0 bridgehead atoms. The van der Waals surface area contributed by atoms with Gasteiger partial charge in [0.15, 0.2) is 0 Å². The van der Waals surface area contributed by atoms with Crippen molar-refractivity contribution < 1.29 is 0 Å². The van der Waals surface area contributed by atoms with Crippen LogP contribution in [0.2, 0.25) is 0 Å². The van der Waals surface area contributed by atoms with Gasteiger partial charge in [-0.15, -0.1) is 11.3 Å². The summed E-state index contributed by atoms with van der Waals surface area (Å²) in [4.78, 5) is 2.81. The predicted molar refractivity (Wildman–Crippen MR) is 85.0 cm³/mol. The minimum Gasteiger partial charge on any atom is -0.307 e. The first kappa shape index (κ1) is 14.3. The van der Waals surface area contributed by atoms with E-state index in [0.717, 1.165) is 6.42 Å². The van der Waals surface area contributed by atoms with Gasteiger partial charge in [0.05, 0.1) is 0 Å². The third kappa shape index (κ3) is 3.92. The molecule has 2 unspecified atom stereocenters. The zero-order valence-electron chi connectivity index (χ0n) is 12.2. The number of nitrogens with one attached hydrogen (secondary N) is 1. The summed E-state index contributed by atoms with van der Waals surface area (Å²) in [7, 11) is 0. The van der Waals surface area contributed by atoms with E-state index in [1.54, 1.807) is 0 Å². The lowest BCUT2D eigenvalue weighted by atomic mass is 10.0. The first-order valence-corrected chi connectivity index (χ1v) is 7.75. The maximum Gasteiger partial charge on any atom is 0.0388 e. The quantitative estimate of drug-likeness (QED) is 0.836. The maximum atomic E-state index is 3.70. The molecule has 0 aliphatic carbocycles. The summed E-state index contributed by atoms with van der Waals surface area (Å²) in [6, 6.07) is 14.0. The van der Waals surface area contributed by atoms with E-state index < -0.39 is 0 Å². The fourth-order valence-corrected chi connectivity index (χ4v) is 3.31. The Morgan fingerprint density at radius 3 is 2.42 bits per heavy atom. The van der Waals surface area contributed by atoms with Gasteiger partial charge in [0, 0.05) is 21.8 Å². The topological polar surface area (TPSA) is 12.0 Å². The molecule has 1 N–H and O–H groups in total. The monoisotopic (exact) mass is 273 g/mol. The van der Waals surface area contributed by atoms with Crippen molar-refractivity contribution in [1.29, 1.82) is 0 Å². The van der Waals surface area contributed by atoms with E-state index >= 15 is 0 Å². The molecule has 0 saturated heterocycles. The number of hydrogen-bond donors (Lipinski definition) is 1. The molecule has 102 valence electrons. The molecule has 2 heteroatoms. The van der Waals surface area contributed by atoms with Crippen LogP contribution in [-0.4, -0.2) is 6.04 Å². The van der Waals surface area contributed by atoms with Crippen LogP contribution in [-0.2, 0) is 6.42 Å². The predicted octanol–water partition coefficient (Wildman–Crippen LogP) is 4.65. The summed E-state index contributed by atoms with van der Waals surface area (Å²) < 4.78 is 0. The lowest BCUT2D eigenvalue weighted by Crippen LogP contribution is -2.30. The van der Waals surface area contributed by atoms with Crippen molar-refractivity contribution in [3.05, 3.63) is 57.3 Å². The van der Waals surface area contributed by atoms with Crippen molar-refractivity contribution in [2.45, 2.75) is 46.2 Å². The van der Waals surface area contributed by atoms with Crippen LogP contribution in [0.15, 0.2) is 36.4 Å². The highest BCUT2D eigenvalue weighted by molar-refractivity contribution is 7.12. The Morgan fingerprint density at radius 1 is 1.05 bits per heavy atom. The zero-order chi connectivity index (χ0) is 13.8. The minimum atomic E-state index is 0.428. The Kier molecular flexibility index (Phi) is 4.78. The van der Waals surface area contributed by atoms with E-state index in [9.17, 15) is 0 Å². The smallest absolute Gasteiger partial charge is 0.0388 e. The first-order chi connectivity index (χ1) is 9.06. The van der Waals surface area contributed by atoms with Crippen LogP contribution in [0.25, 0.3) is 0 Å². The summed E-state index contributed by atoms with van der Waals surface area (Å²) in [5, 5.41) is 3.70. The van der Waals surface area contributed by atoms with Gasteiger partial charge in [-0.3, -0.25) is 0 Å². The van der Waals surface area contributed by atoms with Gasteiger partial charge in [0.1, 0.15) is 0 Å². The van der Waals surface area contributed by atoms with Crippen molar-refractivity contribution in [3.63, 3.8) is 0 Å². The van der Waals surface area contributed by atoms with Gasteiger partial charge < -0.3 is 5.32 Å². The van der Waals surface area contributed by atoms with E-state index in [1.165, 1.54) is 20.9 Å². The van der Waals surface area contributed by atoms with E-state index in [1.807, 2.05) is 11.3 Å². The average Bonchev–Trinajstić information content (AvgIpc) is 2.79. The number of aryl methyl sites for hydroxylation is 2. The summed E-state index contributed by atoms with van der Waals surface area (Å²) in [6.45, 7) is 8.87. The van der Waals surface area contributed by atoms with E-state index in [2.05, 4.69) is 69.4 Å². The second-order valence-corrected chi connectivity index (χ2v) is 6.69. The third-order valence-corrected chi connectivity index (χ3v) is 4.69. The molecule has 0 spiro atoms. The van der Waals surface area contributed by atoms with E-state index in [-0.39, 0.29) is 0 Å². The molecule has 1 heterocycles. The lowest BCUT2D eigenvalue weighted by Gasteiger charge is -2.20. The van der Waals surface area contributed by atoms with Crippen molar-refractivity contribution >= 4 is 11.3 Å². The van der Waals surface area contributed by atoms with E-state index in [4.69, 9.17) is 0 Å². The number of benzene rings is 1. The van der Waals surface area contributed by atoms with Crippen LogP contribution in [0, 0.1) is 13.8 Å². The highest BCUT2D eigenvalue weighted by Gasteiger charge is 2.12. The Labute approximate surface area is 120 Å². The highest BCUT2D eigenvalue weighted by Crippen LogP contribution is 2.23. The molecule has 1 nitrogen and oxygen atoms in total. The van der Waals surface area contributed by atoms with Crippen molar-refractivity contribution in [1.82, 2.24) is 5.32 Å². The molecule has 0 aliphatic rings. The van der Waals surface area contributed by atoms with Crippen LogP contribution in [0.3, 0.4) is 0 Å². The molecule has 19 heavy (non-hydrogen) atoms. The van der Waals surface area contributed by atoms with Gasteiger partial charge in [-0.25, -0.2) is 0 Å². The third-order valence-electron chi connectivity index (χ3n) is 3.51. The molecule has 2 atom stereocenters. The van der Waals surface area contributed by atoms with Crippen molar-refractivity contribution in [2.75, 3.05) is 0 Å². The summed E-state index contributed by atoms with van der Waals surface area (Å²) in [6.07, 6.45) is 1.08. The number of hydrogen-bond acceptors (Lipinski definition) is 2. The molecular weight excluding hydrogens is 250 g/mol. The number of rotatable bonds is 5. The summed E-state index contributed by atoms with van der Waals surface area (Å²) in [5.74, 6) is 0. The van der Waals surface area contributed by atoms with Crippen LogP contribution >= 0.6 is 11.3 Å². The van der Waals surface area contributed by atoms with Gasteiger partial charge in [-0.1, -0.05) is 24.3 Å². The lowest BCUT2D eigenvalue weighted by molar-refractivity contribution is 0.481. The van der Waals surface area contributed by atoms with Gasteiger partial charge in [0.25, 0.3) is 0 Å². The Bertz CT molecular complexity index is 530. The molecular formula is C17H23NS. The molecule has 1 aromatic carbocycles. The molecule has 0 aliphatic heterocycles. The molecule has 0 saturated carbocycles. The minimum absolute atomic E-state index is 0.428. The largest absolute Gasteiger partial charge is 0.307 e. The number of thiophene rings is 1. The van der Waals surface area contributed by atoms with Crippen LogP contribution in [0.4, 0.5) is 0 Å². The van der Waals surface area contributed by atoms with Crippen LogP contribution < -0.4 is 5.32 Å². The Morgan fingerprint density at radius 2 is 1.79 bits per heavy atom. The second-order valence-electron chi connectivity index (χ2n) is 5.37. The van der Waals surface area contributed by atoms with Crippen LogP contribution in [0.1, 0.15) is 40.8 Å². The molecule has 2 rings (SSSR count). The van der Waals surface area contributed by atoms with Gasteiger partial charge in [-0.2, -0.15) is 0 Å². The standard InChI is InChI=1S/C17H23NS/c1-12-7-5-6-8-16(12)11-13(2)18-15(4)17-10-9-14(3)19-17/h5-10,13,15,18H,11H2,1-4H3. The fraction of sp³-hybridized carbons (Fsp3) is 0.412. The van der Waals surface area contributed by atoms with Crippen molar-refractivity contribution in [2.24, 2.45) is 0 Å². The summed E-state index contributed by atoms with van der Waals surface area (Å²) >= 11 is 1.88. The molecule has 0 amide bonds. The van der Waals surface area contributed by atoms with Gasteiger partial charge in [0.2, 0.25) is 0 Å². The molecule has 0 fully saturated rings. The SMILES string of the molecule is Cc1ccc(C(C)NC(C)Cc2ccccc2C)s1. The Hall–Kier alpha value is -1.12.